The molecule has 0 spiro atoms. The second-order valence-corrected chi connectivity index (χ2v) is 6.50. The van der Waals surface area contributed by atoms with Crippen LogP contribution in [0.1, 0.15) is 22.8 Å². The number of hydrogen-bond acceptors (Lipinski definition) is 6. The Bertz CT molecular complexity index is 978. The molecule has 1 N–H and O–H groups in total. The molecule has 0 aromatic heterocycles. The van der Waals surface area contributed by atoms with Gasteiger partial charge in [-0.05, 0) is 55.0 Å². The van der Waals surface area contributed by atoms with Gasteiger partial charge in [-0.15, -0.1) is 0 Å². The molecule has 0 fully saturated rings. The number of methoxy groups -OCH3 is 2. The molecule has 0 atom stereocenters. The third-order valence-electron chi connectivity index (χ3n) is 3.81. The number of benzene rings is 2. The van der Waals surface area contributed by atoms with E-state index in [1.807, 2.05) is 13.0 Å². The first-order valence-corrected chi connectivity index (χ1v) is 9.34. The molecule has 150 valence electrons. The van der Waals surface area contributed by atoms with Crippen LogP contribution in [0, 0.1) is 11.3 Å². The normalized spacial score (nSPS) is 10.7. The summed E-state index contributed by atoms with van der Waals surface area (Å²) in [4.78, 5) is 24.0. The molecule has 7 nitrogen and oxygen atoms in total. The van der Waals surface area contributed by atoms with Crippen LogP contribution in [-0.4, -0.2) is 32.7 Å². The van der Waals surface area contributed by atoms with Crippen molar-refractivity contribution in [1.29, 1.82) is 5.26 Å². The zero-order valence-corrected chi connectivity index (χ0v) is 17.7. The zero-order chi connectivity index (χ0) is 21.4. The molecule has 1 amide bonds. The SMILES string of the molecule is CCOc1cc(/C=C(\C#N)C(=O)Nc2ccc(C(=O)OC)cc2)c(Br)cc1OC. The molecule has 0 saturated carbocycles. The molecule has 0 aliphatic heterocycles. The Kier molecular flexibility index (Phi) is 7.80. The van der Waals surface area contributed by atoms with Gasteiger partial charge in [0.05, 0.1) is 26.4 Å². The second-order valence-electron chi connectivity index (χ2n) is 5.65. The summed E-state index contributed by atoms with van der Waals surface area (Å²) in [5.41, 5.74) is 1.28. The topological polar surface area (TPSA) is 97.7 Å². The number of nitrogens with zero attached hydrogens (tertiary/aromatic N) is 1. The van der Waals surface area contributed by atoms with Crippen molar-refractivity contribution in [2.75, 3.05) is 26.1 Å². The monoisotopic (exact) mass is 458 g/mol. The average molecular weight is 459 g/mol. The van der Waals surface area contributed by atoms with Crippen molar-refractivity contribution >= 4 is 39.6 Å². The van der Waals surface area contributed by atoms with Crippen molar-refractivity contribution in [3.63, 3.8) is 0 Å². The number of amides is 1. The first kappa shape index (κ1) is 22.0. The molecular weight excluding hydrogens is 440 g/mol. The van der Waals surface area contributed by atoms with Crippen LogP contribution < -0.4 is 14.8 Å². The van der Waals surface area contributed by atoms with E-state index in [-0.39, 0.29) is 5.57 Å². The Morgan fingerprint density at radius 1 is 1.17 bits per heavy atom. The largest absolute Gasteiger partial charge is 0.493 e. The minimum atomic E-state index is -0.584. The van der Waals surface area contributed by atoms with E-state index in [4.69, 9.17) is 9.47 Å². The number of hydrogen-bond donors (Lipinski definition) is 1. The maximum atomic E-state index is 12.5. The van der Waals surface area contributed by atoms with Crippen LogP contribution in [0.15, 0.2) is 46.4 Å². The second kappa shape index (κ2) is 10.3. The summed E-state index contributed by atoms with van der Waals surface area (Å²) in [6.07, 6.45) is 1.45. The van der Waals surface area contributed by atoms with E-state index in [2.05, 4.69) is 26.0 Å². The number of halogens is 1. The molecule has 2 rings (SSSR count). The van der Waals surface area contributed by atoms with E-state index in [1.165, 1.54) is 32.4 Å². The number of nitriles is 1. The molecular formula is C21H19BrN2O5. The first-order valence-electron chi connectivity index (χ1n) is 8.55. The van der Waals surface area contributed by atoms with Gasteiger partial charge in [0, 0.05) is 10.2 Å². The lowest BCUT2D eigenvalue weighted by Crippen LogP contribution is -2.13. The molecule has 0 saturated heterocycles. The van der Waals surface area contributed by atoms with Gasteiger partial charge in [-0.25, -0.2) is 4.79 Å². The van der Waals surface area contributed by atoms with Gasteiger partial charge in [-0.3, -0.25) is 4.79 Å². The number of carbonyl (C=O) groups is 2. The van der Waals surface area contributed by atoms with Crippen LogP contribution in [0.2, 0.25) is 0 Å². The van der Waals surface area contributed by atoms with E-state index in [1.54, 1.807) is 24.3 Å². The van der Waals surface area contributed by atoms with Gasteiger partial charge in [-0.2, -0.15) is 5.26 Å². The molecule has 0 unspecified atom stereocenters. The van der Waals surface area contributed by atoms with Crippen LogP contribution in [0.25, 0.3) is 6.08 Å². The van der Waals surface area contributed by atoms with Crippen molar-refractivity contribution in [2.45, 2.75) is 6.92 Å². The lowest BCUT2D eigenvalue weighted by molar-refractivity contribution is -0.112. The molecule has 29 heavy (non-hydrogen) atoms. The maximum Gasteiger partial charge on any atom is 0.337 e. The van der Waals surface area contributed by atoms with Crippen LogP contribution in [0.3, 0.4) is 0 Å². The highest BCUT2D eigenvalue weighted by Crippen LogP contribution is 2.34. The van der Waals surface area contributed by atoms with Crippen LogP contribution in [0.4, 0.5) is 5.69 Å². The molecule has 0 radical (unpaired) electrons. The zero-order valence-electron chi connectivity index (χ0n) is 16.1. The molecule has 2 aromatic rings. The number of ether oxygens (including phenoxy) is 3. The van der Waals surface area contributed by atoms with Gasteiger partial charge in [0.2, 0.25) is 0 Å². The third kappa shape index (κ3) is 5.59. The predicted molar refractivity (Wildman–Crippen MR) is 112 cm³/mol. The van der Waals surface area contributed by atoms with Crippen molar-refractivity contribution in [3.8, 4) is 17.6 Å². The smallest absolute Gasteiger partial charge is 0.337 e. The number of esters is 1. The summed E-state index contributed by atoms with van der Waals surface area (Å²) in [7, 11) is 2.82. The summed E-state index contributed by atoms with van der Waals surface area (Å²) >= 11 is 3.41. The van der Waals surface area contributed by atoms with Crippen molar-refractivity contribution in [3.05, 3.63) is 57.6 Å². The Morgan fingerprint density at radius 2 is 1.86 bits per heavy atom. The Labute approximate surface area is 177 Å². The fourth-order valence-electron chi connectivity index (χ4n) is 2.40. The Balaban J connectivity index is 2.27. The van der Waals surface area contributed by atoms with Crippen LogP contribution >= 0.6 is 15.9 Å². The molecule has 8 heteroatoms. The van der Waals surface area contributed by atoms with Crippen molar-refractivity contribution in [2.24, 2.45) is 0 Å². The number of anilines is 1. The highest BCUT2D eigenvalue weighted by Gasteiger charge is 2.14. The minimum Gasteiger partial charge on any atom is -0.493 e. The van der Waals surface area contributed by atoms with Crippen molar-refractivity contribution < 1.29 is 23.8 Å². The number of carbonyl (C=O) groups excluding carboxylic acids is 2. The summed E-state index contributed by atoms with van der Waals surface area (Å²) < 4.78 is 16.1. The first-order chi connectivity index (χ1) is 13.9. The van der Waals surface area contributed by atoms with Gasteiger partial charge in [0.1, 0.15) is 11.6 Å². The average Bonchev–Trinajstić information content (AvgIpc) is 2.73. The van der Waals surface area contributed by atoms with Gasteiger partial charge in [0.25, 0.3) is 5.91 Å². The van der Waals surface area contributed by atoms with E-state index >= 15 is 0 Å². The highest BCUT2D eigenvalue weighted by atomic mass is 79.9. The summed E-state index contributed by atoms with van der Waals surface area (Å²) in [5.74, 6) is -0.0287. The van der Waals surface area contributed by atoms with E-state index in [9.17, 15) is 14.9 Å². The van der Waals surface area contributed by atoms with Gasteiger partial charge >= 0.3 is 5.97 Å². The standard InChI is InChI=1S/C21H19BrN2O5/c1-4-29-19-10-14(17(22)11-18(19)27-2)9-15(12-23)20(25)24-16-7-5-13(6-8-16)21(26)28-3/h5-11H,4H2,1-3H3,(H,24,25)/b15-9+. The number of rotatable bonds is 7. The number of nitrogens with one attached hydrogen (secondary N) is 1. The lowest BCUT2D eigenvalue weighted by Gasteiger charge is -2.12. The predicted octanol–water partition coefficient (Wildman–Crippen LogP) is 4.19. The quantitative estimate of drug-likeness (QED) is 0.379. The van der Waals surface area contributed by atoms with E-state index in [0.717, 1.165) is 0 Å². The van der Waals surface area contributed by atoms with E-state index < -0.39 is 11.9 Å². The van der Waals surface area contributed by atoms with Gasteiger partial charge in [0.15, 0.2) is 11.5 Å². The Hall–Kier alpha value is -3.31. The third-order valence-corrected chi connectivity index (χ3v) is 4.50. The van der Waals surface area contributed by atoms with Crippen molar-refractivity contribution in [1.82, 2.24) is 0 Å². The summed E-state index contributed by atoms with van der Waals surface area (Å²) in [6.45, 7) is 2.28. The maximum absolute atomic E-state index is 12.5. The van der Waals surface area contributed by atoms with Gasteiger partial charge < -0.3 is 19.5 Å². The van der Waals surface area contributed by atoms with E-state index in [0.29, 0.717) is 39.4 Å². The fraction of sp³-hybridized carbons (Fsp3) is 0.190. The Morgan fingerprint density at radius 3 is 2.41 bits per heavy atom. The fourth-order valence-corrected chi connectivity index (χ4v) is 2.84. The molecule has 0 heterocycles. The molecule has 2 aromatic carbocycles. The lowest BCUT2D eigenvalue weighted by atomic mass is 10.1. The molecule has 0 aliphatic rings. The summed E-state index contributed by atoms with van der Waals surface area (Å²) in [5, 5.41) is 12.1. The van der Waals surface area contributed by atoms with Crippen LogP contribution in [-0.2, 0) is 9.53 Å². The minimum absolute atomic E-state index is 0.102. The molecule has 0 aliphatic carbocycles. The van der Waals surface area contributed by atoms with Gasteiger partial charge in [-0.1, -0.05) is 15.9 Å². The molecule has 0 bridgehead atoms. The highest BCUT2D eigenvalue weighted by molar-refractivity contribution is 9.10. The van der Waals surface area contributed by atoms with Crippen LogP contribution in [0.5, 0.6) is 11.5 Å². The summed E-state index contributed by atoms with van der Waals surface area (Å²) in [6, 6.07) is 11.4.